The highest BCUT2D eigenvalue weighted by Gasteiger charge is 2.06. The number of halogens is 1. The van der Waals surface area contributed by atoms with Gasteiger partial charge in [0.15, 0.2) is 0 Å². The Labute approximate surface area is 96.8 Å². The third-order valence-electron chi connectivity index (χ3n) is 1.88. The van der Waals surface area contributed by atoms with Gasteiger partial charge in [0.2, 0.25) is 0 Å². The van der Waals surface area contributed by atoms with E-state index in [-0.39, 0.29) is 5.97 Å². The molecule has 0 amide bonds. The molecule has 1 rings (SSSR count). The van der Waals surface area contributed by atoms with Crippen LogP contribution in [0.4, 0.5) is 0 Å². The monoisotopic (exact) mass is 308 g/mol. The molecule has 5 heteroatoms. The van der Waals surface area contributed by atoms with Gasteiger partial charge in [-0.25, -0.2) is 0 Å². The average molecular weight is 308 g/mol. The van der Waals surface area contributed by atoms with Crippen molar-refractivity contribution in [2.24, 2.45) is 0 Å². The topological polar surface area (TPSA) is 44.1 Å². The summed E-state index contributed by atoms with van der Waals surface area (Å²) in [5.41, 5.74) is 1.09. The van der Waals surface area contributed by atoms with Gasteiger partial charge in [0.1, 0.15) is 0 Å². The summed E-state index contributed by atoms with van der Waals surface area (Å²) in [7, 11) is 0. The Morgan fingerprint density at radius 2 is 2.43 bits per heavy atom. The van der Waals surface area contributed by atoms with Crippen molar-refractivity contribution in [3.8, 4) is 0 Å². The number of aromatic nitrogens is 2. The van der Waals surface area contributed by atoms with Crippen LogP contribution in [0, 0.1) is 10.5 Å². The first-order valence-electron chi connectivity index (χ1n) is 4.48. The summed E-state index contributed by atoms with van der Waals surface area (Å²) in [6, 6.07) is 0. The summed E-state index contributed by atoms with van der Waals surface area (Å²) in [4.78, 5) is 11.1. The molecule has 1 heterocycles. The van der Waals surface area contributed by atoms with Crippen molar-refractivity contribution in [1.82, 2.24) is 9.78 Å². The molecule has 14 heavy (non-hydrogen) atoms. The molecule has 0 atom stereocenters. The highest BCUT2D eigenvalue weighted by atomic mass is 127. The van der Waals surface area contributed by atoms with E-state index in [0.29, 0.717) is 19.6 Å². The Balaban J connectivity index is 2.46. The van der Waals surface area contributed by atoms with E-state index in [2.05, 4.69) is 27.7 Å². The zero-order valence-electron chi connectivity index (χ0n) is 8.29. The predicted molar refractivity (Wildman–Crippen MR) is 60.9 cm³/mol. The van der Waals surface area contributed by atoms with Crippen LogP contribution in [0.2, 0.25) is 0 Å². The van der Waals surface area contributed by atoms with Crippen LogP contribution in [0.5, 0.6) is 0 Å². The lowest BCUT2D eigenvalue weighted by atomic mass is 10.4. The molecular weight excluding hydrogens is 295 g/mol. The third kappa shape index (κ3) is 2.97. The maximum Gasteiger partial charge on any atom is 0.307 e. The summed E-state index contributed by atoms with van der Waals surface area (Å²) >= 11 is 2.22. The normalized spacial score (nSPS) is 10.2. The molecule has 0 fully saturated rings. The van der Waals surface area contributed by atoms with Gasteiger partial charge in [0, 0.05) is 5.69 Å². The third-order valence-corrected chi connectivity index (χ3v) is 2.94. The smallest absolute Gasteiger partial charge is 0.307 e. The van der Waals surface area contributed by atoms with Gasteiger partial charge in [-0.1, -0.05) is 0 Å². The molecular formula is C9H13IN2O2. The fraction of sp³-hybridized carbons (Fsp3) is 0.556. The van der Waals surface area contributed by atoms with E-state index in [1.807, 2.05) is 11.6 Å². The van der Waals surface area contributed by atoms with Crippen LogP contribution >= 0.6 is 22.6 Å². The zero-order chi connectivity index (χ0) is 10.6. The number of aryl methyl sites for hydroxylation is 1. The van der Waals surface area contributed by atoms with E-state index in [1.165, 1.54) is 0 Å². The highest BCUT2D eigenvalue weighted by Crippen LogP contribution is 2.09. The molecule has 0 aliphatic carbocycles. The second kappa shape index (κ2) is 5.33. The van der Waals surface area contributed by atoms with Crippen LogP contribution in [0.1, 0.15) is 19.0 Å². The van der Waals surface area contributed by atoms with E-state index in [1.54, 1.807) is 13.1 Å². The molecule has 0 aromatic carbocycles. The largest absolute Gasteiger partial charge is 0.466 e. The lowest BCUT2D eigenvalue weighted by Crippen LogP contribution is -2.10. The van der Waals surface area contributed by atoms with Crippen molar-refractivity contribution >= 4 is 28.6 Å². The molecule has 0 bridgehead atoms. The Morgan fingerprint density at radius 1 is 1.71 bits per heavy atom. The van der Waals surface area contributed by atoms with Crippen LogP contribution in [-0.2, 0) is 16.1 Å². The number of rotatable bonds is 4. The molecule has 0 spiro atoms. The van der Waals surface area contributed by atoms with Crippen molar-refractivity contribution in [1.29, 1.82) is 0 Å². The first kappa shape index (κ1) is 11.5. The molecule has 4 nitrogen and oxygen atoms in total. The van der Waals surface area contributed by atoms with Crippen LogP contribution in [0.15, 0.2) is 6.20 Å². The molecule has 0 N–H and O–H groups in total. The maximum atomic E-state index is 11.1. The first-order chi connectivity index (χ1) is 6.65. The van der Waals surface area contributed by atoms with Crippen molar-refractivity contribution in [3.63, 3.8) is 0 Å². The van der Waals surface area contributed by atoms with Gasteiger partial charge in [-0.2, -0.15) is 5.10 Å². The number of esters is 1. The molecule has 1 aromatic heterocycles. The number of hydrogen-bond acceptors (Lipinski definition) is 3. The van der Waals surface area contributed by atoms with Crippen molar-refractivity contribution in [2.45, 2.75) is 26.8 Å². The summed E-state index contributed by atoms with van der Waals surface area (Å²) in [6.07, 6.45) is 2.17. The number of nitrogens with zero attached hydrogens (tertiary/aromatic N) is 2. The standard InChI is InChI=1S/C9H13IN2O2/c1-3-14-9(13)4-5-12-7(2)8(10)6-11-12/h6H,3-5H2,1-2H3. The Kier molecular flexibility index (Phi) is 4.37. The fourth-order valence-electron chi connectivity index (χ4n) is 1.08. The first-order valence-corrected chi connectivity index (χ1v) is 5.56. The van der Waals surface area contributed by atoms with Crippen LogP contribution < -0.4 is 0 Å². The predicted octanol–water partition coefficient (Wildman–Crippen LogP) is 1.75. The van der Waals surface area contributed by atoms with Crippen molar-refractivity contribution in [2.75, 3.05) is 6.61 Å². The van der Waals surface area contributed by atoms with Gasteiger partial charge in [0.05, 0.1) is 29.3 Å². The van der Waals surface area contributed by atoms with E-state index < -0.39 is 0 Å². The SMILES string of the molecule is CCOC(=O)CCn1ncc(I)c1C. The van der Waals surface area contributed by atoms with Crippen molar-refractivity contribution in [3.05, 3.63) is 15.5 Å². The number of carbonyl (C=O) groups excluding carboxylic acids is 1. The van der Waals surface area contributed by atoms with Gasteiger partial charge in [0.25, 0.3) is 0 Å². The maximum absolute atomic E-state index is 11.1. The van der Waals surface area contributed by atoms with Crippen LogP contribution in [-0.4, -0.2) is 22.4 Å². The Morgan fingerprint density at radius 3 is 2.93 bits per heavy atom. The minimum atomic E-state index is -0.169. The molecule has 0 radical (unpaired) electrons. The molecule has 1 aromatic rings. The second-order valence-electron chi connectivity index (χ2n) is 2.86. The average Bonchev–Trinajstić information content (AvgIpc) is 2.46. The molecule has 0 saturated heterocycles. The zero-order valence-corrected chi connectivity index (χ0v) is 10.4. The Hall–Kier alpha value is -0.590. The summed E-state index contributed by atoms with van der Waals surface area (Å²) in [6.45, 7) is 4.82. The van der Waals surface area contributed by atoms with Gasteiger partial charge in [-0.15, -0.1) is 0 Å². The molecule has 0 saturated carbocycles. The van der Waals surface area contributed by atoms with Gasteiger partial charge >= 0.3 is 5.97 Å². The molecule has 0 aliphatic rings. The highest BCUT2D eigenvalue weighted by molar-refractivity contribution is 14.1. The van der Waals surface area contributed by atoms with Crippen LogP contribution in [0.25, 0.3) is 0 Å². The minimum Gasteiger partial charge on any atom is -0.466 e. The van der Waals surface area contributed by atoms with Crippen LogP contribution in [0.3, 0.4) is 0 Å². The second-order valence-corrected chi connectivity index (χ2v) is 4.02. The van der Waals surface area contributed by atoms with Gasteiger partial charge < -0.3 is 4.74 Å². The van der Waals surface area contributed by atoms with Gasteiger partial charge in [-0.05, 0) is 36.4 Å². The molecule has 0 unspecified atom stereocenters. The van der Waals surface area contributed by atoms with E-state index in [0.717, 1.165) is 9.26 Å². The van der Waals surface area contributed by atoms with E-state index in [9.17, 15) is 4.79 Å². The molecule has 78 valence electrons. The lowest BCUT2D eigenvalue weighted by Gasteiger charge is -2.04. The van der Waals surface area contributed by atoms with E-state index >= 15 is 0 Å². The summed E-state index contributed by atoms with van der Waals surface area (Å²) < 4.78 is 7.76. The lowest BCUT2D eigenvalue weighted by molar-refractivity contribution is -0.143. The minimum absolute atomic E-state index is 0.169. The Bertz CT molecular complexity index is 323. The van der Waals surface area contributed by atoms with Gasteiger partial charge in [-0.3, -0.25) is 9.48 Å². The number of ether oxygens (including phenoxy) is 1. The van der Waals surface area contributed by atoms with Crippen molar-refractivity contribution < 1.29 is 9.53 Å². The molecule has 0 aliphatic heterocycles. The fourth-order valence-corrected chi connectivity index (χ4v) is 1.48. The number of hydrogen-bond donors (Lipinski definition) is 0. The summed E-state index contributed by atoms with van der Waals surface area (Å²) in [5.74, 6) is -0.169. The summed E-state index contributed by atoms with van der Waals surface area (Å²) in [5, 5.41) is 4.15. The van der Waals surface area contributed by atoms with E-state index in [4.69, 9.17) is 4.74 Å². The number of carbonyl (C=O) groups is 1. The quantitative estimate of drug-likeness (QED) is 0.629.